The van der Waals surface area contributed by atoms with E-state index in [-0.39, 0.29) is 11.7 Å². The van der Waals surface area contributed by atoms with E-state index in [1.807, 2.05) is 28.8 Å². The molecule has 1 saturated heterocycles. The van der Waals surface area contributed by atoms with Crippen molar-refractivity contribution in [3.05, 3.63) is 58.0 Å². The minimum Gasteiger partial charge on any atom is -0.387 e. The van der Waals surface area contributed by atoms with E-state index in [9.17, 15) is 14.3 Å². The van der Waals surface area contributed by atoms with Gasteiger partial charge in [0, 0.05) is 25.0 Å². The number of likely N-dealkylation sites (N-methyl/N-ethyl adjacent to an activating group) is 1. The Bertz CT molecular complexity index is 690. The maximum absolute atomic E-state index is 13.0. The van der Waals surface area contributed by atoms with Crippen molar-refractivity contribution in [2.24, 2.45) is 0 Å². The topological polar surface area (TPSA) is 43.8 Å². The number of β-amino-alcohol motifs (C(OH)–C–C–N with tert-alkyl or cyclic N) is 1. The van der Waals surface area contributed by atoms with Crippen LogP contribution in [0.4, 0.5) is 4.39 Å². The summed E-state index contributed by atoms with van der Waals surface area (Å²) in [4.78, 5) is 16.1. The van der Waals surface area contributed by atoms with E-state index in [4.69, 9.17) is 0 Å². The molecule has 1 aliphatic rings. The number of halogens is 1. The summed E-state index contributed by atoms with van der Waals surface area (Å²) < 4.78 is 13.0. The zero-order valence-corrected chi connectivity index (χ0v) is 14.4. The molecule has 0 bridgehead atoms. The summed E-state index contributed by atoms with van der Waals surface area (Å²) in [6.45, 7) is 2.00. The molecule has 1 fully saturated rings. The average Bonchev–Trinajstić information content (AvgIpc) is 3.19. The molecule has 24 heavy (non-hydrogen) atoms. The predicted octanol–water partition coefficient (Wildman–Crippen LogP) is 2.60. The van der Waals surface area contributed by atoms with Gasteiger partial charge in [-0.3, -0.25) is 9.69 Å². The van der Waals surface area contributed by atoms with Gasteiger partial charge in [-0.1, -0.05) is 12.1 Å². The Hall–Kier alpha value is -1.76. The van der Waals surface area contributed by atoms with E-state index in [1.165, 1.54) is 23.5 Å². The van der Waals surface area contributed by atoms with Gasteiger partial charge in [-0.05, 0) is 42.6 Å². The molecule has 3 rings (SSSR count). The van der Waals surface area contributed by atoms with Gasteiger partial charge in [-0.2, -0.15) is 11.3 Å². The Morgan fingerprint density at radius 2 is 2.12 bits per heavy atom. The number of rotatable bonds is 5. The Kier molecular flexibility index (Phi) is 4.99. The zero-order chi connectivity index (χ0) is 17.2. The second-order valence-corrected chi connectivity index (χ2v) is 7.29. The monoisotopic (exact) mass is 348 g/mol. The van der Waals surface area contributed by atoms with E-state index in [0.717, 1.165) is 5.56 Å². The summed E-state index contributed by atoms with van der Waals surface area (Å²) in [6.07, 6.45) is 0.566. The van der Waals surface area contributed by atoms with Gasteiger partial charge in [0.1, 0.15) is 5.82 Å². The van der Waals surface area contributed by atoms with Crippen molar-refractivity contribution in [1.29, 1.82) is 0 Å². The molecule has 1 N–H and O–H groups in total. The normalized spacial score (nSPS) is 20.8. The fourth-order valence-electron chi connectivity index (χ4n) is 3.19. The van der Waals surface area contributed by atoms with Crippen molar-refractivity contribution >= 4 is 17.2 Å². The van der Waals surface area contributed by atoms with E-state index < -0.39 is 5.60 Å². The highest BCUT2D eigenvalue weighted by Crippen LogP contribution is 2.25. The van der Waals surface area contributed by atoms with Crippen LogP contribution in [0.2, 0.25) is 0 Å². The van der Waals surface area contributed by atoms with Crippen LogP contribution < -0.4 is 0 Å². The molecule has 4 nitrogen and oxygen atoms in total. The highest BCUT2D eigenvalue weighted by molar-refractivity contribution is 7.08. The van der Waals surface area contributed by atoms with E-state index in [1.54, 1.807) is 17.0 Å². The first kappa shape index (κ1) is 17.1. The van der Waals surface area contributed by atoms with Crippen LogP contribution in [0.3, 0.4) is 0 Å². The minimum absolute atomic E-state index is 0.0200. The Balaban J connectivity index is 1.56. The van der Waals surface area contributed by atoms with Gasteiger partial charge in [0.05, 0.1) is 17.7 Å². The fraction of sp³-hybridized carbons (Fsp3) is 0.389. The number of nitrogens with zero attached hydrogens (tertiary/aromatic N) is 2. The van der Waals surface area contributed by atoms with Crippen LogP contribution in [-0.4, -0.2) is 53.1 Å². The lowest BCUT2D eigenvalue weighted by molar-refractivity contribution is 0.0164. The van der Waals surface area contributed by atoms with E-state index in [2.05, 4.69) is 0 Å². The van der Waals surface area contributed by atoms with Crippen LogP contribution in [0.15, 0.2) is 41.1 Å². The summed E-state index contributed by atoms with van der Waals surface area (Å²) in [5, 5.41) is 14.5. The van der Waals surface area contributed by atoms with Crippen LogP contribution in [0.25, 0.3) is 0 Å². The van der Waals surface area contributed by atoms with Gasteiger partial charge < -0.3 is 10.0 Å². The lowest BCUT2D eigenvalue weighted by Crippen LogP contribution is -2.44. The highest BCUT2D eigenvalue weighted by atomic mass is 32.1. The summed E-state index contributed by atoms with van der Waals surface area (Å²) in [5.41, 5.74) is 0.774. The quantitative estimate of drug-likeness (QED) is 0.903. The van der Waals surface area contributed by atoms with Crippen LogP contribution in [0.1, 0.15) is 22.3 Å². The SMILES string of the molecule is CN(Cc1ccc(F)cc1)C[C@]1(O)CCN(C(=O)c2ccsc2)C1. The van der Waals surface area contributed by atoms with E-state index >= 15 is 0 Å². The molecule has 0 saturated carbocycles. The maximum Gasteiger partial charge on any atom is 0.254 e. The molecule has 2 aromatic rings. The van der Waals surface area contributed by atoms with Crippen LogP contribution >= 0.6 is 11.3 Å². The lowest BCUT2D eigenvalue weighted by Gasteiger charge is -2.29. The van der Waals surface area contributed by atoms with Gasteiger partial charge in [-0.25, -0.2) is 4.39 Å². The second-order valence-electron chi connectivity index (χ2n) is 6.51. The average molecular weight is 348 g/mol. The standard InChI is InChI=1S/C18H21FN2O2S/c1-20(10-14-2-4-16(19)5-3-14)12-18(23)7-8-21(13-18)17(22)15-6-9-24-11-15/h2-6,9,11,23H,7-8,10,12-13H2,1H3/t18-/m1/s1. The molecule has 0 radical (unpaired) electrons. The van der Waals surface area contributed by atoms with Crippen molar-refractivity contribution in [2.75, 3.05) is 26.7 Å². The first-order chi connectivity index (χ1) is 11.5. The van der Waals surface area contributed by atoms with Crippen LogP contribution in [0.5, 0.6) is 0 Å². The molecular weight excluding hydrogens is 327 g/mol. The molecule has 128 valence electrons. The largest absolute Gasteiger partial charge is 0.387 e. The summed E-state index contributed by atoms with van der Waals surface area (Å²) in [7, 11) is 1.92. The van der Waals surface area contributed by atoms with Crippen molar-refractivity contribution in [2.45, 2.75) is 18.6 Å². The molecule has 1 aliphatic heterocycles. The smallest absolute Gasteiger partial charge is 0.254 e. The molecule has 1 aromatic carbocycles. The van der Waals surface area contributed by atoms with Gasteiger partial charge in [0.25, 0.3) is 5.91 Å². The number of aliphatic hydroxyl groups is 1. The predicted molar refractivity (Wildman–Crippen MR) is 92.5 cm³/mol. The molecule has 0 spiro atoms. The number of likely N-dealkylation sites (tertiary alicyclic amines) is 1. The van der Waals surface area contributed by atoms with Crippen molar-refractivity contribution in [3.8, 4) is 0 Å². The van der Waals surface area contributed by atoms with E-state index in [0.29, 0.717) is 38.2 Å². The van der Waals surface area contributed by atoms with Gasteiger partial charge in [-0.15, -0.1) is 0 Å². The lowest BCUT2D eigenvalue weighted by atomic mass is 10.0. The molecule has 1 amide bonds. The minimum atomic E-state index is -0.902. The third-order valence-electron chi connectivity index (χ3n) is 4.32. The summed E-state index contributed by atoms with van der Waals surface area (Å²) in [6, 6.07) is 8.18. The van der Waals surface area contributed by atoms with Crippen molar-refractivity contribution < 1.29 is 14.3 Å². The maximum atomic E-state index is 13.0. The number of carbonyl (C=O) groups excluding carboxylic acids is 1. The molecule has 1 aromatic heterocycles. The molecule has 0 unspecified atom stereocenters. The fourth-order valence-corrected chi connectivity index (χ4v) is 3.82. The van der Waals surface area contributed by atoms with Crippen molar-refractivity contribution in [1.82, 2.24) is 9.80 Å². The first-order valence-corrected chi connectivity index (χ1v) is 8.86. The number of carbonyl (C=O) groups is 1. The number of benzene rings is 1. The Labute approximate surface area is 145 Å². The molecular formula is C18H21FN2O2S. The van der Waals surface area contributed by atoms with Gasteiger partial charge in [0.2, 0.25) is 0 Å². The van der Waals surface area contributed by atoms with Crippen molar-refractivity contribution in [3.63, 3.8) is 0 Å². The molecule has 6 heteroatoms. The molecule has 2 heterocycles. The third-order valence-corrected chi connectivity index (χ3v) is 5.00. The van der Waals surface area contributed by atoms with Gasteiger partial charge in [0.15, 0.2) is 0 Å². The van der Waals surface area contributed by atoms with Crippen LogP contribution in [0, 0.1) is 5.82 Å². The number of thiophene rings is 1. The Morgan fingerprint density at radius 3 is 2.79 bits per heavy atom. The van der Waals surface area contributed by atoms with Gasteiger partial charge >= 0.3 is 0 Å². The third kappa shape index (κ3) is 4.01. The highest BCUT2D eigenvalue weighted by Gasteiger charge is 2.39. The Morgan fingerprint density at radius 1 is 1.38 bits per heavy atom. The summed E-state index contributed by atoms with van der Waals surface area (Å²) >= 11 is 1.49. The zero-order valence-electron chi connectivity index (χ0n) is 13.6. The number of hydrogen-bond donors (Lipinski definition) is 1. The number of hydrogen-bond acceptors (Lipinski definition) is 4. The van der Waals surface area contributed by atoms with Crippen LogP contribution in [-0.2, 0) is 6.54 Å². The molecule has 0 aliphatic carbocycles. The molecule has 1 atom stereocenters. The number of amides is 1. The first-order valence-electron chi connectivity index (χ1n) is 7.92. The second kappa shape index (κ2) is 7.01. The summed E-state index contributed by atoms with van der Waals surface area (Å²) in [5.74, 6) is -0.272.